The van der Waals surface area contributed by atoms with Crippen LogP contribution < -0.4 is 0 Å². The van der Waals surface area contributed by atoms with E-state index in [0.29, 0.717) is 30.1 Å². The molecule has 24 heavy (non-hydrogen) atoms. The molecule has 0 aliphatic carbocycles. The van der Waals surface area contributed by atoms with Gasteiger partial charge in [-0.05, 0) is 43.4 Å². The van der Waals surface area contributed by atoms with E-state index in [1.807, 2.05) is 23.2 Å². The summed E-state index contributed by atoms with van der Waals surface area (Å²) in [6.45, 7) is 5.32. The van der Waals surface area contributed by atoms with Gasteiger partial charge in [0, 0.05) is 38.8 Å². The topological polar surface area (TPSA) is 46.3 Å². The third-order valence-electron chi connectivity index (χ3n) is 4.34. The fraction of sp³-hybridized carbons (Fsp3) is 0.438. The highest BCUT2D eigenvalue weighted by Gasteiger charge is 2.22. The molecule has 2 heterocycles. The van der Waals surface area contributed by atoms with Crippen molar-refractivity contribution < 1.29 is 9.18 Å². The third kappa shape index (κ3) is 3.39. The van der Waals surface area contributed by atoms with Crippen LogP contribution in [0.2, 0.25) is 0 Å². The van der Waals surface area contributed by atoms with Gasteiger partial charge in [-0.1, -0.05) is 0 Å². The first-order valence-electron chi connectivity index (χ1n) is 7.83. The zero-order chi connectivity index (χ0) is 17.3. The second-order valence-electron chi connectivity index (χ2n) is 5.95. The quantitative estimate of drug-likeness (QED) is 0.793. The van der Waals surface area contributed by atoms with E-state index in [9.17, 15) is 9.18 Å². The molecular weight excluding hydrogens is 329 g/mol. The molecular formula is C16H20FN5OS. The number of aromatic nitrogens is 3. The summed E-state index contributed by atoms with van der Waals surface area (Å²) in [5, 5.41) is 4.43. The van der Waals surface area contributed by atoms with Gasteiger partial charge in [-0.15, -0.1) is 0 Å². The van der Waals surface area contributed by atoms with Gasteiger partial charge in [-0.2, -0.15) is 5.10 Å². The van der Waals surface area contributed by atoms with Crippen molar-refractivity contribution in [3.8, 4) is 0 Å². The van der Waals surface area contributed by atoms with E-state index in [2.05, 4.69) is 10.00 Å². The molecule has 0 saturated carbocycles. The van der Waals surface area contributed by atoms with Gasteiger partial charge in [0.1, 0.15) is 11.6 Å². The van der Waals surface area contributed by atoms with Crippen molar-refractivity contribution in [2.75, 3.05) is 26.2 Å². The van der Waals surface area contributed by atoms with Crippen LogP contribution in [0.1, 0.15) is 16.2 Å². The lowest BCUT2D eigenvalue weighted by Crippen LogP contribution is -2.49. The summed E-state index contributed by atoms with van der Waals surface area (Å²) in [5.41, 5.74) is 0.521. The standard InChI is InChI=1S/C16H20FN5OS/c1-12-18-22(16(24)19(12)2)11-20-7-9-21(10-8-20)15(23)13-3-5-14(17)6-4-13/h3-6H,7-11H2,1-2H3. The van der Waals surface area contributed by atoms with Gasteiger partial charge in [-0.25, -0.2) is 9.07 Å². The van der Waals surface area contributed by atoms with Crippen molar-refractivity contribution in [3.05, 3.63) is 46.2 Å². The number of hydrogen-bond acceptors (Lipinski definition) is 4. The highest BCUT2D eigenvalue weighted by atomic mass is 32.1. The van der Waals surface area contributed by atoms with Crippen LogP contribution in [-0.2, 0) is 13.7 Å². The molecule has 1 aromatic carbocycles. The Morgan fingerprint density at radius 1 is 1.21 bits per heavy atom. The van der Waals surface area contributed by atoms with Crippen molar-refractivity contribution >= 4 is 18.1 Å². The fourth-order valence-electron chi connectivity index (χ4n) is 2.75. The van der Waals surface area contributed by atoms with Gasteiger partial charge in [0.25, 0.3) is 5.91 Å². The highest BCUT2D eigenvalue weighted by Crippen LogP contribution is 2.11. The first kappa shape index (κ1) is 16.8. The van der Waals surface area contributed by atoms with Crippen LogP contribution in [0.3, 0.4) is 0 Å². The minimum Gasteiger partial charge on any atom is -0.336 e. The molecule has 1 aliphatic rings. The summed E-state index contributed by atoms with van der Waals surface area (Å²) in [7, 11) is 1.90. The largest absolute Gasteiger partial charge is 0.336 e. The third-order valence-corrected chi connectivity index (χ3v) is 4.83. The molecule has 1 saturated heterocycles. The molecule has 1 aromatic heterocycles. The Morgan fingerprint density at radius 3 is 2.38 bits per heavy atom. The highest BCUT2D eigenvalue weighted by molar-refractivity contribution is 7.71. The maximum atomic E-state index is 13.0. The summed E-state index contributed by atoms with van der Waals surface area (Å²) in [4.78, 5) is 16.4. The van der Waals surface area contributed by atoms with Crippen molar-refractivity contribution in [2.45, 2.75) is 13.6 Å². The smallest absolute Gasteiger partial charge is 0.253 e. The monoisotopic (exact) mass is 349 g/mol. The van der Waals surface area contributed by atoms with E-state index in [1.165, 1.54) is 24.3 Å². The lowest BCUT2D eigenvalue weighted by molar-refractivity contribution is 0.0585. The summed E-state index contributed by atoms with van der Waals surface area (Å²) in [5.74, 6) is 0.490. The minimum absolute atomic E-state index is 0.0556. The zero-order valence-electron chi connectivity index (χ0n) is 13.8. The SMILES string of the molecule is Cc1nn(CN2CCN(C(=O)c3ccc(F)cc3)CC2)c(=S)n1C. The predicted molar refractivity (Wildman–Crippen MR) is 90.6 cm³/mol. The molecule has 1 amide bonds. The van der Waals surface area contributed by atoms with E-state index in [-0.39, 0.29) is 11.7 Å². The van der Waals surface area contributed by atoms with Gasteiger partial charge in [0.2, 0.25) is 0 Å². The Labute approximate surface area is 145 Å². The van der Waals surface area contributed by atoms with Crippen molar-refractivity contribution in [2.24, 2.45) is 7.05 Å². The molecule has 3 rings (SSSR count). The van der Waals surface area contributed by atoms with Gasteiger partial charge < -0.3 is 9.47 Å². The lowest BCUT2D eigenvalue weighted by atomic mass is 10.2. The van der Waals surface area contributed by atoms with Crippen molar-refractivity contribution in [1.29, 1.82) is 0 Å². The van der Waals surface area contributed by atoms with Crippen LogP contribution in [0.15, 0.2) is 24.3 Å². The first-order valence-corrected chi connectivity index (χ1v) is 8.24. The number of rotatable bonds is 3. The first-order chi connectivity index (χ1) is 11.5. The Bertz CT molecular complexity index is 790. The van der Waals surface area contributed by atoms with Crippen LogP contribution in [0.25, 0.3) is 0 Å². The number of aryl methyl sites for hydroxylation is 1. The number of carbonyl (C=O) groups excluding carboxylic acids is 1. The number of piperazine rings is 1. The second-order valence-corrected chi connectivity index (χ2v) is 6.31. The summed E-state index contributed by atoms with van der Waals surface area (Å²) < 4.78 is 17.3. The Hall–Kier alpha value is -2.06. The minimum atomic E-state index is -0.334. The molecule has 2 aromatic rings. The van der Waals surface area contributed by atoms with Gasteiger partial charge in [0.05, 0.1) is 6.67 Å². The predicted octanol–water partition coefficient (Wildman–Crippen LogP) is 1.81. The summed E-state index contributed by atoms with van der Waals surface area (Å²) >= 11 is 5.36. The van der Waals surface area contributed by atoms with E-state index < -0.39 is 0 Å². The molecule has 0 unspecified atom stereocenters. The van der Waals surface area contributed by atoms with E-state index >= 15 is 0 Å². The molecule has 8 heteroatoms. The second kappa shape index (κ2) is 6.82. The molecule has 0 radical (unpaired) electrons. The number of carbonyl (C=O) groups is 1. The van der Waals surface area contributed by atoms with Crippen LogP contribution in [-0.4, -0.2) is 56.2 Å². The molecule has 0 bridgehead atoms. The van der Waals surface area contributed by atoms with Crippen LogP contribution in [0.5, 0.6) is 0 Å². The number of amides is 1. The average molecular weight is 349 g/mol. The summed E-state index contributed by atoms with van der Waals surface area (Å²) in [6.07, 6.45) is 0. The average Bonchev–Trinajstić information content (AvgIpc) is 2.83. The van der Waals surface area contributed by atoms with Gasteiger partial charge in [-0.3, -0.25) is 9.69 Å². The Balaban J connectivity index is 1.59. The van der Waals surface area contributed by atoms with Crippen LogP contribution in [0.4, 0.5) is 4.39 Å². The number of halogens is 1. The molecule has 6 nitrogen and oxygen atoms in total. The molecule has 0 atom stereocenters. The van der Waals surface area contributed by atoms with Crippen LogP contribution in [0, 0.1) is 17.5 Å². The van der Waals surface area contributed by atoms with E-state index in [4.69, 9.17) is 12.2 Å². The molecule has 128 valence electrons. The van der Waals surface area contributed by atoms with Crippen LogP contribution >= 0.6 is 12.2 Å². The number of hydrogen-bond donors (Lipinski definition) is 0. The zero-order valence-corrected chi connectivity index (χ0v) is 14.6. The van der Waals surface area contributed by atoms with Crippen molar-refractivity contribution in [3.63, 3.8) is 0 Å². The van der Waals surface area contributed by atoms with Gasteiger partial charge >= 0.3 is 0 Å². The molecule has 1 fully saturated rings. The maximum Gasteiger partial charge on any atom is 0.253 e. The number of benzene rings is 1. The normalized spacial score (nSPS) is 15.7. The maximum absolute atomic E-state index is 13.0. The fourth-order valence-corrected chi connectivity index (χ4v) is 2.98. The lowest BCUT2D eigenvalue weighted by Gasteiger charge is -2.34. The molecule has 0 N–H and O–H groups in total. The van der Waals surface area contributed by atoms with Crippen molar-refractivity contribution in [1.82, 2.24) is 24.1 Å². The summed E-state index contributed by atoms with van der Waals surface area (Å²) in [6, 6.07) is 5.68. The Kier molecular flexibility index (Phi) is 4.77. The van der Waals surface area contributed by atoms with Gasteiger partial charge in [0.15, 0.2) is 4.77 Å². The molecule has 1 aliphatic heterocycles. The Morgan fingerprint density at radius 2 is 1.83 bits per heavy atom. The van der Waals surface area contributed by atoms with E-state index in [1.54, 1.807) is 4.90 Å². The van der Waals surface area contributed by atoms with E-state index in [0.717, 1.165) is 18.9 Å². The number of nitrogens with zero attached hydrogens (tertiary/aromatic N) is 5. The molecule has 0 spiro atoms.